The van der Waals surface area contributed by atoms with Crippen LogP contribution in [0.25, 0.3) is 143 Å². The molecule has 74 heavy (non-hydrogen) atoms. The molecule has 5 aromatic heterocycles. The van der Waals surface area contributed by atoms with Crippen molar-refractivity contribution >= 4 is 98.0 Å². The zero-order chi connectivity index (χ0) is 48.4. The smallest absolute Gasteiger partial charge is 0.168 e. The van der Waals surface area contributed by atoms with Gasteiger partial charge in [0.2, 0.25) is 0 Å². The summed E-state index contributed by atoms with van der Waals surface area (Å²) < 4.78 is 9.34. The van der Waals surface area contributed by atoms with Gasteiger partial charge >= 0.3 is 0 Å². The second-order valence-corrected chi connectivity index (χ2v) is 19.4. The van der Waals surface area contributed by atoms with Crippen LogP contribution in [0.15, 0.2) is 255 Å². The third-order valence-corrected chi connectivity index (χ3v) is 15.5. The lowest BCUT2D eigenvalue weighted by molar-refractivity contribution is 0.929. The molecule has 6 heteroatoms. The Labute approximate surface area is 424 Å². The SMILES string of the molecule is c1ccc(-n2c3ccccc3c3cc(-c4ccc5c(c4)c4ccccc4n5-c4nnc(-n5c6ccccc6c6cc(-c7ccc8c(c7)c7ccccc7n8-c7ccccc7)ccc65)c5ccccc45)ccc32)cc1. The lowest BCUT2D eigenvalue weighted by Crippen LogP contribution is -2.06. The van der Waals surface area contributed by atoms with Crippen LogP contribution < -0.4 is 0 Å². The van der Waals surface area contributed by atoms with E-state index in [1.165, 1.54) is 76.3 Å². The summed E-state index contributed by atoms with van der Waals surface area (Å²) in [5.41, 5.74) is 16.1. The molecule has 0 aliphatic rings. The van der Waals surface area contributed by atoms with E-state index in [0.717, 1.165) is 67.0 Å². The predicted octanol–water partition coefficient (Wildman–Crippen LogP) is 17.4. The van der Waals surface area contributed by atoms with E-state index in [9.17, 15) is 0 Å². The van der Waals surface area contributed by atoms with Crippen LogP contribution in [0.4, 0.5) is 0 Å². The van der Waals surface area contributed by atoms with E-state index in [1.54, 1.807) is 0 Å². The fourth-order valence-electron chi connectivity index (χ4n) is 12.2. The minimum absolute atomic E-state index is 0.797. The Hall–Kier alpha value is -10.0. The number of rotatable bonds is 6. The highest BCUT2D eigenvalue weighted by atomic mass is 15.3. The Bertz CT molecular complexity index is 4640. The largest absolute Gasteiger partial charge is 0.309 e. The van der Waals surface area contributed by atoms with E-state index < -0.39 is 0 Å². The first-order valence-corrected chi connectivity index (χ1v) is 25.2. The molecule has 344 valence electrons. The summed E-state index contributed by atoms with van der Waals surface area (Å²) in [7, 11) is 0. The average Bonchev–Trinajstić information content (AvgIpc) is 4.23. The summed E-state index contributed by atoms with van der Waals surface area (Å²) in [6.45, 7) is 0. The molecule has 0 bridgehead atoms. The van der Waals surface area contributed by atoms with Crippen LogP contribution in [-0.4, -0.2) is 28.5 Å². The number of nitrogens with zero attached hydrogens (tertiary/aromatic N) is 6. The molecule has 0 amide bonds. The molecular formula is C68H42N6. The van der Waals surface area contributed by atoms with Crippen molar-refractivity contribution in [2.24, 2.45) is 0 Å². The van der Waals surface area contributed by atoms with Crippen molar-refractivity contribution < 1.29 is 0 Å². The highest BCUT2D eigenvalue weighted by Gasteiger charge is 2.22. The maximum atomic E-state index is 5.22. The molecule has 0 saturated heterocycles. The highest BCUT2D eigenvalue weighted by Crippen LogP contribution is 2.42. The monoisotopic (exact) mass is 942 g/mol. The van der Waals surface area contributed by atoms with Crippen LogP contribution in [0.2, 0.25) is 0 Å². The molecule has 0 N–H and O–H groups in total. The van der Waals surface area contributed by atoms with Crippen molar-refractivity contribution in [2.75, 3.05) is 0 Å². The maximum absolute atomic E-state index is 5.22. The van der Waals surface area contributed by atoms with Crippen molar-refractivity contribution in [1.29, 1.82) is 0 Å². The normalized spacial score (nSPS) is 12.1. The van der Waals surface area contributed by atoms with Gasteiger partial charge < -0.3 is 9.13 Å². The van der Waals surface area contributed by atoms with Crippen molar-refractivity contribution in [3.63, 3.8) is 0 Å². The Kier molecular flexibility index (Phi) is 8.64. The lowest BCUT2D eigenvalue weighted by Gasteiger charge is -2.14. The molecule has 0 radical (unpaired) electrons. The molecule has 0 atom stereocenters. The van der Waals surface area contributed by atoms with Gasteiger partial charge in [-0.05, 0) is 119 Å². The van der Waals surface area contributed by atoms with Gasteiger partial charge in [0.05, 0.1) is 44.1 Å². The van der Waals surface area contributed by atoms with Gasteiger partial charge in [-0.25, -0.2) is 0 Å². The van der Waals surface area contributed by atoms with Crippen LogP contribution in [0, 0.1) is 0 Å². The van der Waals surface area contributed by atoms with Crippen molar-refractivity contribution in [3.05, 3.63) is 255 Å². The van der Waals surface area contributed by atoms with Crippen LogP contribution in [-0.2, 0) is 0 Å². The first kappa shape index (κ1) is 40.7. The fraction of sp³-hybridized carbons (Fsp3) is 0. The molecule has 16 aromatic rings. The molecular weight excluding hydrogens is 901 g/mol. The van der Waals surface area contributed by atoms with Crippen molar-refractivity contribution in [2.45, 2.75) is 0 Å². The Morgan fingerprint density at radius 2 is 0.432 bits per heavy atom. The number of fused-ring (bicyclic) bond motifs is 13. The fourth-order valence-corrected chi connectivity index (χ4v) is 12.2. The molecule has 0 spiro atoms. The van der Waals surface area contributed by atoms with Gasteiger partial charge in [-0.15, -0.1) is 10.2 Å². The molecule has 11 aromatic carbocycles. The van der Waals surface area contributed by atoms with Crippen LogP contribution >= 0.6 is 0 Å². The molecule has 16 rings (SSSR count). The van der Waals surface area contributed by atoms with Crippen LogP contribution in [0.1, 0.15) is 0 Å². The third kappa shape index (κ3) is 5.88. The van der Waals surface area contributed by atoms with Gasteiger partial charge in [-0.3, -0.25) is 9.13 Å². The van der Waals surface area contributed by atoms with Gasteiger partial charge in [0.25, 0.3) is 0 Å². The number of hydrogen-bond acceptors (Lipinski definition) is 2. The zero-order valence-corrected chi connectivity index (χ0v) is 39.9. The Balaban J connectivity index is 0.831. The number of benzene rings is 11. The van der Waals surface area contributed by atoms with Gasteiger partial charge in [-0.1, -0.05) is 158 Å². The summed E-state index contributed by atoms with van der Waals surface area (Å²) in [5, 5.41) is 22.1. The molecule has 0 aliphatic heterocycles. The third-order valence-electron chi connectivity index (χ3n) is 15.5. The molecule has 6 nitrogen and oxygen atoms in total. The van der Waals surface area contributed by atoms with Crippen molar-refractivity contribution in [1.82, 2.24) is 28.5 Å². The van der Waals surface area contributed by atoms with Gasteiger partial charge in [0.15, 0.2) is 11.6 Å². The summed E-state index contributed by atoms with van der Waals surface area (Å²) in [6, 6.07) is 92.2. The highest BCUT2D eigenvalue weighted by molar-refractivity contribution is 6.16. The van der Waals surface area contributed by atoms with E-state index >= 15 is 0 Å². The van der Waals surface area contributed by atoms with E-state index in [2.05, 4.69) is 273 Å². The summed E-state index contributed by atoms with van der Waals surface area (Å²) in [4.78, 5) is 0. The molecule has 5 heterocycles. The second-order valence-electron chi connectivity index (χ2n) is 19.4. The minimum atomic E-state index is 0.797. The van der Waals surface area contributed by atoms with Crippen LogP contribution in [0.3, 0.4) is 0 Å². The summed E-state index contributed by atoms with van der Waals surface area (Å²) in [5.74, 6) is 1.59. The van der Waals surface area contributed by atoms with E-state index in [-0.39, 0.29) is 0 Å². The number of hydrogen-bond donors (Lipinski definition) is 0. The topological polar surface area (TPSA) is 45.5 Å². The summed E-state index contributed by atoms with van der Waals surface area (Å²) in [6.07, 6.45) is 0. The quantitative estimate of drug-likeness (QED) is 0.167. The standard InChI is InChI=1S/C68H42N6/c1-3-17-47(18-4-1)71-59-27-13-9-21-49(59)55-39-43(31-35-63(55)71)45-33-37-65-57(41-45)51-23-11-15-29-61(51)73(65)67-53-25-7-8-26-54(53)68(70-69-67)74-62-30-16-12-24-52(62)58-42-46(34-38-66(58)74)44-32-36-64-56(40-44)50-22-10-14-28-60(50)72(64)48-19-5-2-6-20-48/h1-42H. The molecule has 0 unspecified atom stereocenters. The van der Waals surface area contributed by atoms with E-state index in [4.69, 9.17) is 10.2 Å². The van der Waals surface area contributed by atoms with Crippen molar-refractivity contribution in [3.8, 4) is 45.3 Å². The van der Waals surface area contributed by atoms with E-state index in [0.29, 0.717) is 0 Å². The van der Waals surface area contributed by atoms with Gasteiger partial charge in [0.1, 0.15) is 0 Å². The maximum Gasteiger partial charge on any atom is 0.168 e. The lowest BCUT2D eigenvalue weighted by atomic mass is 10.0. The Morgan fingerprint density at radius 3 is 0.757 bits per heavy atom. The van der Waals surface area contributed by atoms with Gasteiger partial charge in [0, 0.05) is 65.2 Å². The van der Waals surface area contributed by atoms with E-state index in [1.807, 2.05) is 0 Å². The van der Waals surface area contributed by atoms with Gasteiger partial charge in [-0.2, -0.15) is 0 Å². The molecule has 0 saturated carbocycles. The molecule has 0 aliphatic carbocycles. The second kappa shape index (κ2) is 15.7. The Morgan fingerprint density at radius 1 is 0.189 bits per heavy atom. The number of aromatic nitrogens is 6. The first-order valence-electron chi connectivity index (χ1n) is 25.2. The zero-order valence-electron chi connectivity index (χ0n) is 39.9. The van der Waals surface area contributed by atoms with Crippen LogP contribution in [0.5, 0.6) is 0 Å². The summed E-state index contributed by atoms with van der Waals surface area (Å²) >= 11 is 0. The predicted molar refractivity (Wildman–Crippen MR) is 308 cm³/mol. The number of para-hydroxylation sites is 6. The minimum Gasteiger partial charge on any atom is -0.309 e. The average molecular weight is 943 g/mol. The molecule has 0 fully saturated rings. The first-order chi connectivity index (χ1) is 36.7.